The molecule has 4 nitrogen and oxygen atoms in total. The predicted octanol–water partition coefficient (Wildman–Crippen LogP) is 13.9. The Morgan fingerprint density at radius 2 is 1.38 bits per heavy atom. The summed E-state index contributed by atoms with van der Waals surface area (Å²) in [5.74, 6) is 0. The highest BCUT2D eigenvalue weighted by atomic mass is 15.1. The van der Waals surface area contributed by atoms with Crippen molar-refractivity contribution in [3.8, 4) is 5.69 Å². The molecule has 53 heavy (non-hydrogen) atoms. The maximum Gasteiger partial charge on any atom is 0.0573 e. The average molecular weight is 701 g/mol. The summed E-state index contributed by atoms with van der Waals surface area (Å²) in [6.07, 6.45) is 27.0. The number of hydrogen-bond donors (Lipinski definition) is 2. The molecule has 0 atom stereocenters. The Hall–Kier alpha value is -6.26. The van der Waals surface area contributed by atoms with Crippen LogP contribution in [-0.4, -0.2) is 11.1 Å². The fourth-order valence-electron chi connectivity index (χ4n) is 5.79. The number of rotatable bonds is 11. The molecule has 0 spiro atoms. The van der Waals surface area contributed by atoms with E-state index in [4.69, 9.17) is 0 Å². The molecule has 3 aromatic carbocycles. The number of nitrogens with one attached hydrogen (secondary N) is 2. The fourth-order valence-corrected chi connectivity index (χ4v) is 5.79. The van der Waals surface area contributed by atoms with Crippen molar-refractivity contribution in [1.29, 1.82) is 0 Å². The van der Waals surface area contributed by atoms with Crippen molar-refractivity contribution in [2.24, 2.45) is 0 Å². The largest absolute Gasteiger partial charge is 0.360 e. The van der Waals surface area contributed by atoms with E-state index in [1.54, 1.807) is 12.2 Å². The third-order valence-electron chi connectivity index (χ3n) is 8.35. The van der Waals surface area contributed by atoms with E-state index >= 15 is 0 Å². The van der Waals surface area contributed by atoms with Crippen LogP contribution in [0.5, 0.6) is 0 Å². The minimum atomic E-state index is 0.863. The first-order valence-corrected chi connectivity index (χ1v) is 18.0. The smallest absolute Gasteiger partial charge is 0.0573 e. The molecule has 272 valence electrons. The van der Waals surface area contributed by atoms with Crippen molar-refractivity contribution in [3.05, 3.63) is 206 Å². The lowest BCUT2D eigenvalue weighted by atomic mass is 10.0. The molecule has 0 aliphatic carbocycles. The van der Waals surface area contributed by atoms with Crippen LogP contribution in [0.1, 0.15) is 55.3 Å². The number of para-hydroxylation sites is 1. The van der Waals surface area contributed by atoms with Gasteiger partial charge in [-0.1, -0.05) is 92.6 Å². The van der Waals surface area contributed by atoms with Crippen LogP contribution in [0.3, 0.4) is 0 Å². The van der Waals surface area contributed by atoms with E-state index in [-0.39, 0.29) is 0 Å². The molecule has 1 aliphatic rings. The van der Waals surface area contributed by atoms with E-state index in [9.17, 15) is 0 Å². The standard InChI is InChI=1S/C43H44N4.2C3H6/c1-7-10-21-43-34(6)33(5)42(9-3)47(43)38-28-26-37(27-29-38)46-30-16-12-11-13-18-39(46)31-44-35-22-24-36(25-23-35)45-41-20-15-14-19-40(41)32(4)17-8-2;2*1-3-2/h7-15,17-29,31,44-45H,1,3-4,16,30H2,2,5-6H3;2*3H,1H2,2H3/b12-11-,17-8-,18-13-,21-10-,39-31-;;. The first-order chi connectivity index (χ1) is 25.8. The molecule has 2 heterocycles. The van der Waals surface area contributed by atoms with Gasteiger partial charge in [0, 0.05) is 58.1 Å². The molecule has 0 saturated carbocycles. The van der Waals surface area contributed by atoms with Crippen molar-refractivity contribution in [2.75, 3.05) is 22.1 Å². The van der Waals surface area contributed by atoms with Crippen LogP contribution in [0.4, 0.5) is 22.7 Å². The minimum absolute atomic E-state index is 0.863. The number of anilines is 4. The monoisotopic (exact) mass is 700 g/mol. The fraction of sp³-hybridized carbons (Fsp3) is 0.143. The van der Waals surface area contributed by atoms with Crippen molar-refractivity contribution in [3.63, 3.8) is 0 Å². The third kappa shape index (κ3) is 11.4. The van der Waals surface area contributed by atoms with Gasteiger partial charge in [-0.25, -0.2) is 0 Å². The SMILES string of the molecule is C=C/C=C\c1c(C)c(C)c(C=C)n1-c1ccc(N2CC\C=C/C=C\C2=C\Nc2ccc(Nc3ccccc3C(=C)/C=C\C)cc2)cc1.C=CC.C=CC. The highest BCUT2D eigenvalue weighted by molar-refractivity contribution is 5.83. The lowest BCUT2D eigenvalue weighted by Gasteiger charge is -2.27. The molecule has 2 N–H and O–H groups in total. The first-order valence-electron chi connectivity index (χ1n) is 18.0. The van der Waals surface area contributed by atoms with Crippen molar-refractivity contribution >= 4 is 40.5 Å². The molecule has 5 rings (SSSR count). The Kier molecular flexibility index (Phi) is 17.0. The Morgan fingerprint density at radius 3 is 2.02 bits per heavy atom. The van der Waals surface area contributed by atoms with E-state index < -0.39 is 0 Å². The lowest BCUT2D eigenvalue weighted by molar-refractivity contribution is 0.901. The summed E-state index contributed by atoms with van der Waals surface area (Å²) in [6, 6.07) is 25.4. The Balaban J connectivity index is 0.00000118. The molecule has 1 aliphatic heterocycles. The number of allylic oxidation sites excluding steroid dienone is 10. The van der Waals surface area contributed by atoms with E-state index in [1.807, 2.05) is 63.3 Å². The summed E-state index contributed by atoms with van der Waals surface area (Å²) in [4.78, 5) is 2.35. The normalized spacial score (nSPS) is 14.1. The van der Waals surface area contributed by atoms with Gasteiger partial charge in [-0.2, -0.15) is 0 Å². The van der Waals surface area contributed by atoms with Gasteiger partial charge in [-0.3, -0.25) is 0 Å². The van der Waals surface area contributed by atoms with E-state index in [1.165, 1.54) is 11.1 Å². The van der Waals surface area contributed by atoms with Crippen molar-refractivity contribution < 1.29 is 0 Å². The van der Waals surface area contributed by atoms with Crippen LogP contribution in [0.25, 0.3) is 23.4 Å². The maximum atomic E-state index is 4.22. The van der Waals surface area contributed by atoms with Gasteiger partial charge >= 0.3 is 0 Å². The first kappa shape index (κ1) is 41.2. The quantitative estimate of drug-likeness (QED) is 0.121. The van der Waals surface area contributed by atoms with Gasteiger partial charge in [0.2, 0.25) is 0 Å². The molecule has 4 aromatic rings. The third-order valence-corrected chi connectivity index (χ3v) is 8.35. The summed E-state index contributed by atoms with van der Waals surface area (Å²) >= 11 is 0. The predicted molar refractivity (Wildman–Crippen MR) is 238 cm³/mol. The Labute approximate surface area is 319 Å². The Bertz CT molecular complexity index is 1980. The topological polar surface area (TPSA) is 32.2 Å². The second-order valence-corrected chi connectivity index (χ2v) is 12.2. The van der Waals surface area contributed by atoms with E-state index in [0.717, 1.165) is 69.6 Å². The maximum absolute atomic E-state index is 4.22. The molecule has 0 saturated heterocycles. The molecule has 0 fully saturated rings. The number of benzene rings is 3. The van der Waals surface area contributed by atoms with Gasteiger partial charge < -0.3 is 20.1 Å². The van der Waals surface area contributed by atoms with Crippen LogP contribution >= 0.6 is 0 Å². The molecule has 0 unspecified atom stereocenters. The summed E-state index contributed by atoms with van der Waals surface area (Å²) < 4.78 is 2.27. The van der Waals surface area contributed by atoms with Crippen LogP contribution in [-0.2, 0) is 0 Å². The molecule has 1 aromatic heterocycles. The van der Waals surface area contributed by atoms with Gasteiger partial charge in [0.25, 0.3) is 0 Å². The second-order valence-electron chi connectivity index (χ2n) is 12.2. The second kappa shape index (κ2) is 21.8. The minimum Gasteiger partial charge on any atom is -0.360 e. The summed E-state index contributed by atoms with van der Waals surface area (Å²) in [7, 11) is 0. The zero-order chi connectivity index (χ0) is 38.6. The number of aromatic nitrogens is 1. The van der Waals surface area contributed by atoms with Crippen molar-refractivity contribution in [1.82, 2.24) is 4.57 Å². The molecule has 4 heteroatoms. The van der Waals surface area contributed by atoms with Crippen LogP contribution in [0, 0.1) is 13.8 Å². The summed E-state index contributed by atoms with van der Waals surface area (Å²) in [5, 5.41) is 7.08. The average Bonchev–Trinajstić information content (AvgIpc) is 3.40. The Morgan fingerprint density at radius 1 is 0.755 bits per heavy atom. The highest BCUT2D eigenvalue weighted by Gasteiger charge is 2.16. The highest BCUT2D eigenvalue weighted by Crippen LogP contribution is 2.31. The van der Waals surface area contributed by atoms with Crippen LogP contribution in [0.2, 0.25) is 0 Å². The zero-order valence-electron chi connectivity index (χ0n) is 32.3. The van der Waals surface area contributed by atoms with Gasteiger partial charge in [-0.15, -0.1) is 13.2 Å². The lowest BCUT2D eigenvalue weighted by Crippen LogP contribution is -2.24. The van der Waals surface area contributed by atoms with Gasteiger partial charge in [0.05, 0.1) is 5.70 Å². The molecule has 0 bridgehead atoms. The van der Waals surface area contributed by atoms with Gasteiger partial charge in [0.1, 0.15) is 0 Å². The molecule has 0 radical (unpaired) electrons. The summed E-state index contributed by atoms with van der Waals surface area (Å²) in [6.45, 7) is 29.9. The summed E-state index contributed by atoms with van der Waals surface area (Å²) in [5.41, 5.74) is 13.1. The van der Waals surface area contributed by atoms with E-state index in [0.29, 0.717) is 0 Å². The molecular weight excluding hydrogens is 645 g/mol. The van der Waals surface area contributed by atoms with Gasteiger partial charge in [0.15, 0.2) is 0 Å². The van der Waals surface area contributed by atoms with E-state index in [2.05, 4.69) is 164 Å². The van der Waals surface area contributed by atoms with Gasteiger partial charge in [-0.05, 0) is 131 Å². The zero-order valence-corrected chi connectivity index (χ0v) is 32.3. The number of hydrogen-bond acceptors (Lipinski definition) is 3. The molecule has 0 amide bonds. The number of nitrogens with zero attached hydrogens (tertiary/aromatic N) is 2. The van der Waals surface area contributed by atoms with Crippen molar-refractivity contribution in [2.45, 2.75) is 41.0 Å². The van der Waals surface area contributed by atoms with Crippen LogP contribution < -0.4 is 15.5 Å². The van der Waals surface area contributed by atoms with Crippen LogP contribution in [0.15, 0.2) is 178 Å². The molecular formula is C49H56N4.